The first kappa shape index (κ1) is 17.0. The zero-order valence-corrected chi connectivity index (χ0v) is 14.0. The first-order valence-corrected chi connectivity index (χ1v) is 8.28. The first-order chi connectivity index (χ1) is 10.5. The van der Waals surface area contributed by atoms with Crippen molar-refractivity contribution in [3.05, 3.63) is 22.5 Å². The highest BCUT2D eigenvalue weighted by molar-refractivity contribution is 6.31. The summed E-state index contributed by atoms with van der Waals surface area (Å²) in [5.74, 6) is -0.0383. The fourth-order valence-corrected chi connectivity index (χ4v) is 2.88. The Kier molecular flexibility index (Phi) is 6.03. The van der Waals surface area contributed by atoms with Crippen molar-refractivity contribution in [2.75, 3.05) is 13.1 Å². The smallest absolute Gasteiger partial charge is 0.246 e. The number of likely N-dealkylation sites (tertiary alicyclic amines) is 1. The summed E-state index contributed by atoms with van der Waals surface area (Å²) in [6, 6.07) is 0. The number of aliphatic hydroxyl groups is 1. The van der Waals surface area contributed by atoms with Gasteiger partial charge in [0.2, 0.25) is 5.91 Å². The van der Waals surface area contributed by atoms with Crippen molar-refractivity contribution < 1.29 is 9.90 Å². The zero-order valence-electron chi connectivity index (χ0n) is 13.3. The van der Waals surface area contributed by atoms with Crippen LogP contribution in [0.25, 0.3) is 6.08 Å². The van der Waals surface area contributed by atoms with E-state index in [0.717, 1.165) is 30.6 Å². The third kappa shape index (κ3) is 4.11. The Bertz CT molecular complexity index is 546. The van der Waals surface area contributed by atoms with E-state index in [1.165, 1.54) is 0 Å². The van der Waals surface area contributed by atoms with Gasteiger partial charge in [0.25, 0.3) is 0 Å². The van der Waals surface area contributed by atoms with Crippen molar-refractivity contribution in [3.8, 4) is 0 Å². The maximum Gasteiger partial charge on any atom is 0.246 e. The maximum absolute atomic E-state index is 12.2. The molecule has 22 heavy (non-hydrogen) atoms. The molecule has 1 fully saturated rings. The molecule has 0 aromatic carbocycles. The monoisotopic (exact) mass is 325 g/mol. The van der Waals surface area contributed by atoms with Gasteiger partial charge in [0, 0.05) is 31.3 Å². The van der Waals surface area contributed by atoms with Gasteiger partial charge in [-0.25, -0.2) is 0 Å². The summed E-state index contributed by atoms with van der Waals surface area (Å²) in [5, 5.41) is 14.5. The van der Waals surface area contributed by atoms with Crippen molar-refractivity contribution in [2.45, 2.75) is 52.2 Å². The molecule has 1 saturated heterocycles. The molecule has 0 atom stereocenters. The number of nitrogens with zero attached hydrogens (tertiary/aromatic N) is 3. The second-order valence-electron chi connectivity index (χ2n) is 5.76. The van der Waals surface area contributed by atoms with Gasteiger partial charge in [0.1, 0.15) is 5.15 Å². The molecule has 0 aliphatic carbocycles. The highest BCUT2D eigenvalue weighted by Crippen LogP contribution is 2.22. The third-order valence-electron chi connectivity index (χ3n) is 4.00. The molecule has 1 aromatic rings. The molecule has 1 aromatic heterocycles. The molecule has 1 N–H and O–H groups in total. The Morgan fingerprint density at radius 2 is 2.14 bits per heavy atom. The van der Waals surface area contributed by atoms with E-state index >= 15 is 0 Å². The quantitative estimate of drug-likeness (QED) is 0.847. The highest BCUT2D eigenvalue weighted by Gasteiger charge is 2.20. The number of aryl methyl sites for hydroxylation is 2. The van der Waals surface area contributed by atoms with E-state index in [9.17, 15) is 9.90 Å². The lowest BCUT2D eigenvalue weighted by Gasteiger charge is -2.28. The van der Waals surface area contributed by atoms with E-state index < -0.39 is 0 Å². The van der Waals surface area contributed by atoms with Crippen LogP contribution in [-0.2, 0) is 11.3 Å². The molecule has 0 unspecified atom stereocenters. The van der Waals surface area contributed by atoms with Crippen LogP contribution >= 0.6 is 11.6 Å². The standard InChI is InChI=1S/C16H24ClN3O2/c1-3-4-9-20-16(17)14(12(2)18-20)5-6-15(22)19-10-7-13(21)8-11-19/h5-6,13,21H,3-4,7-11H2,1-2H3/b6-5+. The maximum atomic E-state index is 12.2. The average Bonchev–Trinajstić information content (AvgIpc) is 2.77. The third-order valence-corrected chi connectivity index (χ3v) is 4.40. The molecular formula is C16H24ClN3O2. The minimum atomic E-state index is -0.276. The minimum Gasteiger partial charge on any atom is -0.393 e. The fourth-order valence-electron chi connectivity index (χ4n) is 2.56. The summed E-state index contributed by atoms with van der Waals surface area (Å²) in [7, 11) is 0. The zero-order chi connectivity index (χ0) is 16.1. The summed E-state index contributed by atoms with van der Waals surface area (Å²) in [5.41, 5.74) is 1.64. The normalized spacial score (nSPS) is 16.6. The lowest BCUT2D eigenvalue weighted by Crippen LogP contribution is -2.39. The highest BCUT2D eigenvalue weighted by atomic mass is 35.5. The van der Waals surface area contributed by atoms with Gasteiger partial charge in [-0.2, -0.15) is 5.10 Å². The molecule has 1 aliphatic rings. The van der Waals surface area contributed by atoms with Crippen molar-refractivity contribution in [3.63, 3.8) is 0 Å². The lowest BCUT2D eigenvalue weighted by molar-refractivity contribution is -0.127. The summed E-state index contributed by atoms with van der Waals surface area (Å²) in [6.45, 7) is 6.02. The minimum absolute atomic E-state index is 0.0383. The van der Waals surface area contributed by atoms with Crippen LogP contribution < -0.4 is 0 Å². The van der Waals surface area contributed by atoms with Crippen LogP contribution in [0.1, 0.15) is 43.9 Å². The van der Waals surface area contributed by atoms with Gasteiger partial charge in [-0.3, -0.25) is 9.48 Å². The van der Waals surface area contributed by atoms with Gasteiger partial charge in [-0.15, -0.1) is 0 Å². The van der Waals surface area contributed by atoms with Gasteiger partial charge in [0.05, 0.1) is 11.8 Å². The molecule has 5 nitrogen and oxygen atoms in total. The summed E-state index contributed by atoms with van der Waals surface area (Å²) in [4.78, 5) is 13.9. The molecule has 1 aliphatic heterocycles. The lowest BCUT2D eigenvalue weighted by atomic mass is 10.1. The molecule has 0 radical (unpaired) electrons. The Balaban J connectivity index is 2.03. The van der Waals surface area contributed by atoms with Gasteiger partial charge in [-0.05, 0) is 32.3 Å². The SMILES string of the molecule is CCCCn1nc(C)c(/C=C/C(=O)N2CCC(O)CC2)c1Cl. The summed E-state index contributed by atoms with van der Waals surface area (Å²) >= 11 is 6.34. The molecule has 0 bridgehead atoms. The van der Waals surface area contributed by atoms with E-state index in [0.29, 0.717) is 31.1 Å². The van der Waals surface area contributed by atoms with Crippen molar-refractivity contribution in [1.82, 2.24) is 14.7 Å². The summed E-state index contributed by atoms with van der Waals surface area (Å²) in [6.07, 6.45) is 6.43. The number of carbonyl (C=O) groups is 1. The van der Waals surface area contributed by atoms with E-state index in [1.54, 1.807) is 21.7 Å². The van der Waals surface area contributed by atoms with Crippen LogP contribution in [0.4, 0.5) is 0 Å². The van der Waals surface area contributed by atoms with Crippen LogP contribution in [0.15, 0.2) is 6.08 Å². The Hall–Kier alpha value is -1.33. The number of aromatic nitrogens is 2. The number of carbonyl (C=O) groups excluding carboxylic acids is 1. The number of hydrogen-bond donors (Lipinski definition) is 1. The number of rotatable bonds is 5. The number of piperidine rings is 1. The second-order valence-corrected chi connectivity index (χ2v) is 6.11. The molecule has 0 spiro atoms. The average molecular weight is 326 g/mol. The van der Waals surface area contributed by atoms with E-state index in [4.69, 9.17) is 11.6 Å². The number of amides is 1. The number of unbranched alkanes of at least 4 members (excludes halogenated alkanes) is 1. The van der Waals surface area contributed by atoms with Crippen LogP contribution in [-0.4, -0.2) is 44.9 Å². The number of hydrogen-bond acceptors (Lipinski definition) is 3. The Morgan fingerprint density at radius 3 is 2.77 bits per heavy atom. The predicted molar refractivity (Wildman–Crippen MR) is 87.7 cm³/mol. The van der Waals surface area contributed by atoms with Gasteiger partial charge < -0.3 is 10.0 Å². The Morgan fingerprint density at radius 1 is 1.45 bits per heavy atom. The fraction of sp³-hybridized carbons (Fsp3) is 0.625. The van der Waals surface area contributed by atoms with Gasteiger partial charge >= 0.3 is 0 Å². The number of aliphatic hydroxyl groups excluding tert-OH is 1. The molecule has 6 heteroatoms. The molecular weight excluding hydrogens is 302 g/mol. The van der Waals surface area contributed by atoms with E-state index in [2.05, 4.69) is 12.0 Å². The molecule has 0 saturated carbocycles. The topological polar surface area (TPSA) is 58.4 Å². The molecule has 1 amide bonds. The van der Waals surface area contributed by atoms with Crippen LogP contribution in [0, 0.1) is 6.92 Å². The van der Waals surface area contributed by atoms with E-state index in [-0.39, 0.29) is 12.0 Å². The van der Waals surface area contributed by atoms with Crippen LogP contribution in [0.2, 0.25) is 5.15 Å². The molecule has 122 valence electrons. The first-order valence-electron chi connectivity index (χ1n) is 7.91. The summed E-state index contributed by atoms with van der Waals surface area (Å²) < 4.78 is 1.79. The van der Waals surface area contributed by atoms with Crippen LogP contribution in [0.3, 0.4) is 0 Å². The predicted octanol–water partition coefficient (Wildman–Crippen LogP) is 2.64. The largest absolute Gasteiger partial charge is 0.393 e. The van der Waals surface area contributed by atoms with Gasteiger partial charge in [-0.1, -0.05) is 24.9 Å². The van der Waals surface area contributed by atoms with Crippen molar-refractivity contribution >= 4 is 23.6 Å². The van der Waals surface area contributed by atoms with Crippen molar-refractivity contribution in [1.29, 1.82) is 0 Å². The van der Waals surface area contributed by atoms with Gasteiger partial charge in [0.15, 0.2) is 0 Å². The van der Waals surface area contributed by atoms with Crippen LogP contribution in [0.5, 0.6) is 0 Å². The van der Waals surface area contributed by atoms with Crippen molar-refractivity contribution in [2.24, 2.45) is 0 Å². The van der Waals surface area contributed by atoms with E-state index in [1.807, 2.05) is 6.92 Å². The second kappa shape index (κ2) is 7.79. The Labute approximate surface area is 136 Å². The molecule has 2 rings (SSSR count). The molecule has 2 heterocycles. The number of halogens is 1.